The van der Waals surface area contributed by atoms with Gasteiger partial charge in [0.25, 0.3) is 0 Å². The van der Waals surface area contributed by atoms with Gasteiger partial charge < -0.3 is 15.5 Å². The molecule has 0 saturated heterocycles. The molecule has 2 aromatic rings. The highest BCUT2D eigenvalue weighted by molar-refractivity contribution is 5.65. The summed E-state index contributed by atoms with van der Waals surface area (Å²) < 4.78 is 1.91. The van der Waals surface area contributed by atoms with E-state index in [1.807, 2.05) is 10.6 Å². The molecule has 0 bridgehead atoms. The summed E-state index contributed by atoms with van der Waals surface area (Å²) in [4.78, 5) is 8.72. The van der Waals surface area contributed by atoms with Crippen molar-refractivity contribution in [1.29, 1.82) is 0 Å². The highest BCUT2D eigenvalue weighted by atomic mass is 15.1. The molecule has 2 rings (SSSR count). The topological polar surface area (TPSA) is 68.2 Å². The number of nitrogen functional groups attached to an aromatic ring is 1. The molecule has 1 atom stereocenters. The number of nitrogens with two attached hydrogens (primary N) is 1. The second-order valence-corrected chi connectivity index (χ2v) is 4.94. The summed E-state index contributed by atoms with van der Waals surface area (Å²) in [5.41, 5.74) is 6.67. The fourth-order valence-electron chi connectivity index (χ4n) is 2.33. The van der Waals surface area contributed by atoms with Gasteiger partial charge in [-0.1, -0.05) is 33.1 Å². The lowest BCUT2D eigenvalue weighted by Gasteiger charge is -2.19. The van der Waals surface area contributed by atoms with Crippen molar-refractivity contribution in [3.63, 3.8) is 0 Å². The molecule has 3 N–H and O–H groups in total. The molecule has 104 valence electrons. The molecule has 5 heteroatoms. The van der Waals surface area contributed by atoms with E-state index in [-0.39, 0.29) is 0 Å². The molecule has 0 radical (unpaired) electrons. The molecule has 2 heterocycles. The molecule has 0 aliphatic heterocycles. The van der Waals surface area contributed by atoms with Gasteiger partial charge >= 0.3 is 0 Å². The van der Waals surface area contributed by atoms with Crippen LogP contribution in [0.2, 0.25) is 0 Å². The summed E-state index contributed by atoms with van der Waals surface area (Å²) >= 11 is 0. The summed E-state index contributed by atoms with van der Waals surface area (Å²) in [6.07, 6.45) is 11.3. The van der Waals surface area contributed by atoms with Gasteiger partial charge in [-0.05, 0) is 12.8 Å². The Labute approximate surface area is 114 Å². The van der Waals surface area contributed by atoms with E-state index in [9.17, 15) is 0 Å². The predicted molar refractivity (Wildman–Crippen MR) is 79.2 cm³/mol. The highest BCUT2D eigenvalue weighted by Gasteiger charge is 2.12. The van der Waals surface area contributed by atoms with Crippen LogP contribution in [-0.4, -0.2) is 20.4 Å². The lowest BCUT2D eigenvalue weighted by molar-refractivity contribution is 0.563. The van der Waals surface area contributed by atoms with E-state index in [2.05, 4.69) is 29.1 Å². The van der Waals surface area contributed by atoms with Crippen LogP contribution in [0.1, 0.15) is 46.0 Å². The van der Waals surface area contributed by atoms with Crippen molar-refractivity contribution < 1.29 is 0 Å². The molecule has 0 saturated carbocycles. The van der Waals surface area contributed by atoms with E-state index in [4.69, 9.17) is 5.73 Å². The fourth-order valence-corrected chi connectivity index (χ4v) is 2.33. The first-order valence-electron chi connectivity index (χ1n) is 7.10. The number of nitrogens with one attached hydrogen (secondary N) is 1. The first-order chi connectivity index (χ1) is 9.24. The number of hydrogen-bond donors (Lipinski definition) is 2. The Morgan fingerprint density at radius 2 is 2.16 bits per heavy atom. The number of nitrogens with zero attached hydrogens (tertiary/aromatic N) is 3. The number of rotatable bonds is 7. The zero-order chi connectivity index (χ0) is 13.7. The minimum atomic E-state index is 0.444. The van der Waals surface area contributed by atoms with Crippen molar-refractivity contribution in [1.82, 2.24) is 14.4 Å². The minimum absolute atomic E-state index is 0.444. The summed E-state index contributed by atoms with van der Waals surface area (Å²) in [6.45, 7) is 4.42. The third kappa shape index (κ3) is 3.36. The molecule has 0 amide bonds. The molecular formula is C14H23N5. The molecule has 0 spiro atoms. The first kappa shape index (κ1) is 13.6. The quantitative estimate of drug-likeness (QED) is 0.803. The zero-order valence-electron chi connectivity index (χ0n) is 11.8. The average molecular weight is 261 g/mol. The Morgan fingerprint density at radius 3 is 2.89 bits per heavy atom. The van der Waals surface area contributed by atoms with Crippen molar-refractivity contribution in [2.45, 2.75) is 52.0 Å². The molecule has 1 unspecified atom stereocenters. The second kappa shape index (κ2) is 6.41. The Balaban J connectivity index is 2.19. The average Bonchev–Trinajstić information content (AvgIpc) is 2.84. The van der Waals surface area contributed by atoms with Gasteiger partial charge in [-0.15, -0.1) is 0 Å². The summed E-state index contributed by atoms with van der Waals surface area (Å²) in [5, 5.41) is 3.51. The van der Waals surface area contributed by atoms with Crippen LogP contribution in [0.3, 0.4) is 0 Å². The van der Waals surface area contributed by atoms with E-state index in [1.165, 1.54) is 12.8 Å². The van der Waals surface area contributed by atoms with Crippen molar-refractivity contribution >= 4 is 17.3 Å². The zero-order valence-corrected chi connectivity index (χ0v) is 11.8. The van der Waals surface area contributed by atoms with Gasteiger partial charge in [-0.3, -0.25) is 0 Å². The number of anilines is 2. The van der Waals surface area contributed by atoms with Gasteiger partial charge in [-0.2, -0.15) is 0 Å². The fraction of sp³-hybridized carbons (Fsp3) is 0.571. The Bertz CT molecular complexity index is 520. The van der Waals surface area contributed by atoms with E-state index >= 15 is 0 Å². The number of imidazole rings is 1. The third-order valence-corrected chi connectivity index (χ3v) is 3.28. The minimum Gasteiger partial charge on any atom is -0.382 e. The second-order valence-electron chi connectivity index (χ2n) is 4.94. The largest absolute Gasteiger partial charge is 0.382 e. The van der Waals surface area contributed by atoms with Crippen molar-refractivity contribution in [3.05, 3.63) is 18.6 Å². The Kier molecular flexibility index (Phi) is 4.60. The maximum Gasteiger partial charge on any atom is 0.180 e. The molecule has 0 aromatic carbocycles. The Morgan fingerprint density at radius 1 is 1.32 bits per heavy atom. The van der Waals surface area contributed by atoms with Gasteiger partial charge in [0.15, 0.2) is 11.5 Å². The molecule has 0 aliphatic carbocycles. The van der Waals surface area contributed by atoms with Gasteiger partial charge in [0.2, 0.25) is 0 Å². The third-order valence-electron chi connectivity index (χ3n) is 3.28. The number of unbranched alkanes of at least 4 members (excludes halogenated alkanes) is 1. The van der Waals surface area contributed by atoms with Crippen LogP contribution < -0.4 is 11.1 Å². The smallest absolute Gasteiger partial charge is 0.180 e. The number of fused-ring (bicyclic) bond motifs is 1. The van der Waals surface area contributed by atoms with Crippen LogP contribution in [0, 0.1) is 0 Å². The number of hydrogen-bond acceptors (Lipinski definition) is 4. The summed E-state index contributed by atoms with van der Waals surface area (Å²) in [6, 6.07) is 0.444. The SMILES string of the molecule is CCCCC(CCC)Nc1nc(N)cn2ccnc12. The lowest BCUT2D eigenvalue weighted by atomic mass is 10.1. The standard InChI is InChI=1S/C14H23N5/c1-3-5-7-11(6-4-2)17-13-14-16-8-9-19(14)10-12(15)18-13/h8-11H,3-7,15H2,1-2H3,(H,17,18). The normalized spacial score (nSPS) is 12.7. The number of aromatic nitrogens is 3. The van der Waals surface area contributed by atoms with Crippen LogP contribution in [-0.2, 0) is 0 Å². The van der Waals surface area contributed by atoms with E-state index in [0.717, 1.165) is 30.7 Å². The predicted octanol–water partition coefficient (Wildman–Crippen LogP) is 3.08. The van der Waals surface area contributed by atoms with Crippen molar-refractivity contribution in [2.75, 3.05) is 11.1 Å². The molecule has 0 fully saturated rings. The van der Waals surface area contributed by atoms with Crippen molar-refractivity contribution in [3.8, 4) is 0 Å². The molecule has 19 heavy (non-hydrogen) atoms. The van der Waals surface area contributed by atoms with Gasteiger partial charge in [0, 0.05) is 18.4 Å². The summed E-state index contributed by atoms with van der Waals surface area (Å²) in [7, 11) is 0. The van der Waals surface area contributed by atoms with E-state index in [0.29, 0.717) is 11.9 Å². The van der Waals surface area contributed by atoms with Gasteiger partial charge in [0.1, 0.15) is 5.82 Å². The van der Waals surface area contributed by atoms with Crippen LogP contribution >= 0.6 is 0 Å². The van der Waals surface area contributed by atoms with Crippen LogP contribution in [0.4, 0.5) is 11.6 Å². The summed E-state index contributed by atoms with van der Waals surface area (Å²) in [5.74, 6) is 1.30. The maximum atomic E-state index is 5.83. The van der Waals surface area contributed by atoms with Crippen LogP contribution in [0.25, 0.3) is 5.65 Å². The molecule has 5 nitrogen and oxygen atoms in total. The highest BCUT2D eigenvalue weighted by Crippen LogP contribution is 2.19. The molecular weight excluding hydrogens is 238 g/mol. The first-order valence-corrected chi connectivity index (χ1v) is 7.10. The van der Waals surface area contributed by atoms with E-state index < -0.39 is 0 Å². The van der Waals surface area contributed by atoms with Crippen LogP contribution in [0.15, 0.2) is 18.6 Å². The molecule has 0 aliphatic rings. The van der Waals surface area contributed by atoms with Crippen molar-refractivity contribution in [2.24, 2.45) is 0 Å². The van der Waals surface area contributed by atoms with Gasteiger partial charge in [-0.25, -0.2) is 9.97 Å². The van der Waals surface area contributed by atoms with E-state index in [1.54, 1.807) is 12.4 Å². The lowest BCUT2D eigenvalue weighted by Crippen LogP contribution is -2.21. The van der Waals surface area contributed by atoms with Crippen LogP contribution in [0.5, 0.6) is 0 Å². The monoisotopic (exact) mass is 261 g/mol. The Hall–Kier alpha value is -1.78. The molecule has 2 aromatic heterocycles. The maximum absolute atomic E-state index is 5.83. The van der Waals surface area contributed by atoms with Gasteiger partial charge in [0.05, 0.1) is 6.20 Å².